The smallest absolute Gasteiger partial charge is 0.425 e. The lowest BCUT2D eigenvalue weighted by Gasteiger charge is -2.19. The molecule has 3 saturated heterocycles. The van der Waals surface area contributed by atoms with Crippen molar-refractivity contribution in [1.29, 1.82) is 0 Å². The molecule has 21 heteroatoms. The monoisotopic (exact) mass is 1020 g/mol. The maximum absolute atomic E-state index is 13.9. The molecule has 0 spiro atoms. The van der Waals surface area contributed by atoms with Crippen LogP contribution in [-0.2, 0) is 41.5 Å². The summed E-state index contributed by atoms with van der Waals surface area (Å²) in [6.45, 7) is 19.9. The summed E-state index contributed by atoms with van der Waals surface area (Å²) >= 11 is 0. The highest BCUT2D eigenvalue weighted by atomic mass is 16.6. The van der Waals surface area contributed by atoms with Crippen molar-refractivity contribution in [2.45, 2.75) is 168 Å². The van der Waals surface area contributed by atoms with Crippen LogP contribution in [0.1, 0.15) is 136 Å². The Morgan fingerprint density at radius 2 is 0.861 bits per heavy atom. The van der Waals surface area contributed by atoms with Crippen LogP contribution in [0.4, 0.5) is 14.4 Å². The highest BCUT2D eigenvalue weighted by Crippen LogP contribution is 2.11. The first-order chi connectivity index (χ1) is 35.2. The number of carbonyl (C=O) groups excluding carboxylic acids is 3. The Kier molecular flexibility index (Phi) is 31.7. The van der Waals surface area contributed by atoms with Crippen molar-refractivity contribution < 1.29 is 47.2 Å². The number of aromatic nitrogens is 2. The number of carbonyl (C=O) groups is 3. The van der Waals surface area contributed by atoms with Crippen LogP contribution >= 0.6 is 0 Å². The van der Waals surface area contributed by atoms with E-state index in [1.54, 1.807) is 0 Å². The van der Waals surface area contributed by atoms with Gasteiger partial charge in [-0.2, -0.15) is 0 Å². The van der Waals surface area contributed by atoms with Crippen molar-refractivity contribution >= 4 is 18.3 Å². The van der Waals surface area contributed by atoms with Crippen LogP contribution in [0.2, 0.25) is 0 Å². The Balaban J connectivity index is 1.20. The molecule has 4 heterocycles. The molecule has 3 amide bonds. The lowest BCUT2D eigenvalue weighted by atomic mass is 10.2. The van der Waals surface area contributed by atoms with Gasteiger partial charge in [-0.3, -0.25) is 14.7 Å². The zero-order chi connectivity index (χ0) is 51.4. The first-order valence-electron chi connectivity index (χ1n) is 27.8. The lowest BCUT2D eigenvalue weighted by molar-refractivity contribution is 0.0132. The molecule has 4 rings (SSSR count). The minimum absolute atomic E-state index is 0.0172. The van der Waals surface area contributed by atoms with Crippen molar-refractivity contribution in [3.05, 3.63) is 26.7 Å². The number of ether oxygens (including phenoxy) is 6. The van der Waals surface area contributed by atoms with Crippen LogP contribution in [0, 0.1) is 0 Å². The molecule has 3 fully saturated rings. The van der Waals surface area contributed by atoms with Gasteiger partial charge < -0.3 is 48.8 Å². The van der Waals surface area contributed by atoms with Crippen molar-refractivity contribution in [3.63, 3.8) is 0 Å². The minimum atomic E-state index is -0.737. The third-order valence-electron chi connectivity index (χ3n) is 12.5. The molecule has 21 nitrogen and oxygen atoms in total. The number of nitrogens with one attached hydrogen (secondary N) is 3. The van der Waals surface area contributed by atoms with Gasteiger partial charge in [0.25, 0.3) is 0 Å². The van der Waals surface area contributed by atoms with Crippen LogP contribution in [0.3, 0.4) is 0 Å². The van der Waals surface area contributed by atoms with Gasteiger partial charge in [0.15, 0.2) is 0 Å². The van der Waals surface area contributed by atoms with Crippen LogP contribution in [0.5, 0.6) is 0 Å². The second kappa shape index (κ2) is 37.7. The quantitative estimate of drug-likeness (QED) is 0.0451. The molecule has 414 valence electrons. The maximum atomic E-state index is 13.9. The van der Waals surface area contributed by atoms with Gasteiger partial charge in [0.2, 0.25) is 0 Å². The standard InChI is InChI=1S/C51H93N9O12/c1-4-7-34-66-40-43(37-56-28-29-56)69-47(61)53-23-17-11-10-16-22-52-46-59(26-20-14-12-18-24-54-48(62)70-44(38-57-30-31-57)41-67-35-8-5-2)50(64)60(51(65)72-46)27-21-15-13-19-25-55-49(63)71-45(39-58-32-33-58)42-68-36-9-6-3/h43-45H,4-42H2,1-3H3,(H,53,61)(H,54,62)(H,55,63). The summed E-state index contributed by atoms with van der Waals surface area (Å²) in [7, 11) is 0. The van der Waals surface area contributed by atoms with E-state index >= 15 is 0 Å². The number of unbranched alkanes of at least 4 members (excludes halogenated alkanes) is 12. The molecule has 3 unspecified atom stereocenters. The maximum Gasteiger partial charge on any atom is 0.425 e. The fourth-order valence-corrected chi connectivity index (χ4v) is 7.78. The molecular weight excluding hydrogens is 931 g/mol. The molecule has 3 aliphatic rings. The van der Waals surface area contributed by atoms with E-state index in [9.17, 15) is 24.0 Å². The third-order valence-corrected chi connectivity index (χ3v) is 12.5. The molecule has 3 aliphatic heterocycles. The van der Waals surface area contributed by atoms with E-state index in [2.05, 4.69) is 56.4 Å². The number of amides is 3. The van der Waals surface area contributed by atoms with E-state index in [4.69, 9.17) is 32.8 Å². The minimum Gasteiger partial charge on any atom is -0.442 e. The Bertz CT molecular complexity index is 1820. The number of nitrogens with zero attached hydrogens (tertiary/aromatic N) is 6. The summed E-state index contributed by atoms with van der Waals surface area (Å²) < 4.78 is 42.5. The molecule has 0 aliphatic carbocycles. The number of hydrogen-bond donors (Lipinski definition) is 3. The van der Waals surface area contributed by atoms with Gasteiger partial charge in [0.05, 0.1) is 19.8 Å². The Hall–Kier alpha value is -4.02. The fraction of sp³-hybridized carbons (Fsp3) is 0.882. The normalized spacial score (nSPS) is 16.0. The van der Waals surface area contributed by atoms with Crippen LogP contribution in [0.25, 0.3) is 0 Å². The predicted octanol–water partition coefficient (Wildman–Crippen LogP) is 4.87. The van der Waals surface area contributed by atoms with Crippen LogP contribution < -0.4 is 33.1 Å². The molecule has 0 aromatic carbocycles. The van der Waals surface area contributed by atoms with Gasteiger partial charge in [-0.05, 0) is 57.8 Å². The third kappa shape index (κ3) is 29.0. The molecule has 3 N–H and O–H groups in total. The van der Waals surface area contributed by atoms with Crippen molar-refractivity contribution in [3.8, 4) is 0 Å². The average molecular weight is 1020 g/mol. The van der Waals surface area contributed by atoms with Crippen molar-refractivity contribution in [1.82, 2.24) is 39.8 Å². The summed E-state index contributed by atoms with van der Waals surface area (Å²) in [5, 5.41) is 8.58. The molecule has 1 aromatic rings. The molecule has 0 saturated carbocycles. The summed E-state index contributed by atoms with van der Waals surface area (Å²) in [5.74, 6) is -0.737. The molecular formula is C51H93N9O12. The highest BCUT2D eigenvalue weighted by Gasteiger charge is 2.27. The molecule has 0 bridgehead atoms. The summed E-state index contributed by atoms with van der Waals surface area (Å²) in [5.41, 5.74) is -0.434. The molecule has 1 aromatic heterocycles. The zero-order valence-corrected chi connectivity index (χ0v) is 44.4. The van der Waals surface area contributed by atoms with E-state index in [1.807, 2.05) is 0 Å². The number of hydrogen-bond acceptors (Lipinski definition) is 16. The van der Waals surface area contributed by atoms with Crippen LogP contribution in [0.15, 0.2) is 19.0 Å². The lowest BCUT2D eigenvalue weighted by Crippen LogP contribution is -2.47. The topological polar surface area (TPSA) is 221 Å². The van der Waals surface area contributed by atoms with E-state index in [-0.39, 0.29) is 30.5 Å². The van der Waals surface area contributed by atoms with Gasteiger partial charge in [-0.25, -0.2) is 38.1 Å². The number of rotatable bonds is 45. The van der Waals surface area contributed by atoms with Gasteiger partial charge in [0, 0.05) is 118 Å². The Labute approximate surface area is 428 Å². The second-order valence-corrected chi connectivity index (χ2v) is 19.4. The fourth-order valence-electron chi connectivity index (χ4n) is 7.78. The predicted molar refractivity (Wildman–Crippen MR) is 274 cm³/mol. The summed E-state index contributed by atoms with van der Waals surface area (Å²) in [6, 6.07) is 0. The van der Waals surface area contributed by atoms with Gasteiger partial charge >= 0.3 is 35.4 Å². The summed E-state index contributed by atoms with van der Waals surface area (Å²) in [4.78, 5) is 75.9. The van der Waals surface area contributed by atoms with Gasteiger partial charge in [-0.1, -0.05) is 78.6 Å². The molecule has 0 radical (unpaired) electrons. The largest absolute Gasteiger partial charge is 0.442 e. The highest BCUT2D eigenvalue weighted by molar-refractivity contribution is 5.68. The van der Waals surface area contributed by atoms with E-state index in [0.717, 1.165) is 140 Å². The Morgan fingerprint density at radius 3 is 1.24 bits per heavy atom. The van der Waals surface area contributed by atoms with E-state index in [0.29, 0.717) is 111 Å². The van der Waals surface area contributed by atoms with Crippen molar-refractivity contribution in [2.75, 3.05) is 125 Å². The SMILES string of the molecule is CCCCOCC(CN1CC1)OC(=O)NCCCCCCN=c1oc(=O)n(CCCCCCNC(=O)OC(COCCCC)CN2CC2)c(=O)n1CCCCCCNC(=O)OC(COCCCC)CN1CC1. The van der Waals surface area contributed by atoms with Crippen LogP contribution in [-0.4, -0.2) is 185 Å². The Morgan fingerprint density at radius 1 is 0.500 bits per heavy atom. The zero-order valence-electron chi connectivity index (χ0n) is 44.4. The first-order valence-corrected chi connectivity index (χ1v) is 27.8. The summed E-state index contributed by atoms with van der Waals surface area (Å²) in [6.07, 6.45) is 12.8. The molecule has 72 heavy (non-hydrogen) atoms. The average Bonchev–Trinajstić information content (AvgIpc) is 4.21. The molecule has 3 atom stereocenters. The first kappa shape index (κ1) is 60.5. The number of alkyl carbamates (subject to hydrolysis) is 3. The van der Waals surface area contributed by atoms with E-state index < -0.39 is 29.7 Å². The second-order valence-electron chi connectivity index (χ2n) is 19.4. The van der Waals surface area contributed by atoms with Gasteiger partial charge in [0.1, 0.15) is 18.3 Å². The van der Waals surface area contributed by atoms with Crippen molar-refractivity contribution in [2.24, 2.45) is 4.99 Å². The van der Waals surface area contributed by atoms with E-state index in [1.165, 1.54) is 4.57 Å². The van der Waals surface area contributed by atoms with Gasteiger partial charge in [-0.15, -0.1) is 0 Å².